The molecule has 0 bridgehead atoms. The van der Waals surface area contributed by atoms with E-state index in [2.05, 4.69) is 42.2 Å². The van der Waals surface area contributed by atoms with E-state index in [0.717, 1.165) is 10.9 Å². The van der Waals surface area contributed by atoms with Crippen molar-refractivity contribution in [3.05, 3.63) is 65.9 Å². The number of H-pyrrole nitrogens is 1. The quantitative estimate of drug-likeness (QED) is 0.106. The standard InChI is InChI=1S/C42H55N9O12/c1-21(2)34-40(61)50-35(22(3)54)41(62)45-28(16-24-17-43-27-8-5-4-7-26(24)27)37(58)46-29(15-23-10-12-25(55)13-11-23)42(63)51-14-6-9-32(51)39(60)48-31(20-53)38(59)47-30(19-52)36(57)44-18-33(56)49-34/h4-5,7-8,10-13,17,21-22,28-32,34-35,43,52-55H,6,9,14-16,18-20H2,1-3H3,(H,44,57)(H,45,62)(H,46,58)(H,47,59)(H,48,60)(H,49,56)(H,50,61)/t22-,28-,29-,30-,31-,32-,34-,35+/m0/s1. The number of rotatable bonds is 8. The molecule has 0 unspecified atom stereocenters. The minimum Gasteiger partial charge on any atom is -0.508 e. The molecule has 0 aliphatic carbocycles. The lowest BCUT2D eigenvalue weighted by atomic mass is 10.00. The van der Waals surface area contributed by atoms with Gasteiger partial charge in [-0.25, -0.2) is 0 Å². The first-order chi connectivity index (χ1) is 30.0. The maximum atomic E-state index is 14.6. The highest BCUT2D eigenvalue weighted by molar-refractivity contribution is 5.99. The Morgan fingerprint density at radius 3 is 1.94 bits per heavy atom. The minimum absolute atomic E-state index is 0.0534. The normalized spacial score (nSPS) is 25.8. The molecule has 2 aliphatic heterocycles. The maximum Gasteiger partial charge on any atom is 0.246 e. The molecule has 1 aromatic heterocycles. The van der Waals surface area contributed by atoms with Crippen molar-refractivity contribution in [2.75, 3.05) is 26.3 Å². The number of nitrogens with one attached hydrogen (secondary N) is 8. The van der Waals surface area contributed by atoms with Crippen LogP contribution in [0.15, 0.2) is 54.7 Å². The van der Waals surface area contributed by atoms with Crippen molar-refractivity contribution < 1.29 is 58.8 Å². The van der Waals surface area contributed by atoms with Crippen molar-refractivity contribution >= 4 is 58.2 Å². The van der Waals surface area contributed by atoms with Crippen LogP contribution in [0.1, 0.15) is 44.7 Å². The van der Waals surface area contributed by atoms with Crippen molar-refractivity contribution in [2.24, 2.45) is 5.92 Å². The smallest absolute Gasteiger partial charge is 0.246 e. The molecule has 3 aromatic rings. The number of hydrogen-bond acceptors (Lipinski definition) is 12. The number of aromatic amines is 1. The van der Waals surface area contributed by atoms with E-state index in [1.807, 2.05) is 6.07 Å². The Balaban J connectivity index is 1.55. The fourth-order valence-electron chi connectivity index (χ4n) is 7.46. The molecular weight excluding hydrogens is 823 g/mol. The van der Waals surface area contributed by atoms with E-state index in [-0.39, 0.29) is 31.6 Å². The number of nitrogens with zero attached hydrogens (tertiary/aromatic N) is 1. The third-order valence-corrected chi connectivity index (χ3v) is 10.9. The van der Waals surface area contributed by atoms with Gasteiger partial charge in [0.15, 0.2) is 0 Å². The molecule has 0 saturated carbocycles. The predicted octanol–water partition coefficient (Wildman–Crippen LogP) is -3.29. The topological polar surface area (TPSA) is 321 Å². The van der Waals surface area contributed by atoms with Gasteiger partial charge in [-0.3, -0.25) is 38.4 Å². The molecule has 2 fully saturated rings. The summed E-state index contributed by atoms with van der Waals surface area (Å²) in [7, 11) is 0. The second-order valence-electron chi connectivity index (χ2n) is 16.0. The summed E-state index contributed by atoms with van der Waals surface area (Å²) in [6.07, 6.45) is 0.289. The van der Waals surface area contributed by atoms with E-state index in [0.29, 0.717) is 17.5 Å². The number of benzene rings is 2. The molecule has 0 spiro atoms. The summed E-state index contributed by atoms with van der Waals surface area (Å²) in [5.74, 6) is -7.90. The molecule has 2 saturated heterocycles. The molecule has 3 heterocycles. The van der Waals surface area contributed by atoms with E-state index in [1.165, 1.54) is 36.1 Å². The Labute approximate surface area is 362 Å². The summed E-state index contributed by atoms with van der Waals surface area (Å²) < 4.78 is 0. The van der Waals surface area contributed by atoms with Gasteiger partial charge in [0.25, 0.3) is 0 Å². The van der Waals surface area contributed by atoms with E-state index >= 15 is 0 Å². The first-order valence-corrected chi connectivity index (χ1v) is 20.6. The molecule has 63 heavy (non-hydrogen) atoms. The van der Waals surface area contributed by atoms with Crippen LogP contribution < -0.4 is 37.2 Å². The minimum atomic E-state index is -1.67. The van der Waals surface area contributed by atoms with Gasteiger partial charge in [0.1, 0.15) is 48.0 Å². The van der Waals surface area contributed by atoms with Crippen LogP contribution in [0.25, 0.3) is 10.9 Å². The number of amides is 8. The van der Waals surface area contributed by atoms with Crippen LogP contribution in [0.3, 0.4) is 0 Å². The van der Waals surface area contributed by atoms with Crippen LogP contribution in [-0.2, 0) is 51.2 Å². The van der Waals surface area contributed by atoms with Gasteiger partial charge in [-0.2, -0.15) is 0 Å². The van der Waals surface area contributed by atoms with E-state index in [1.54, 1.807) is 38.2 Å². The van der Waals surface area contributed by atoms with Gasteiger partial charge in [0.2, 0.25) is 47.3 Å². The zero-order valence-electron chi connectivity index (χ0n) is 35.1. The molecule has 2 aliphatic rings. The van der Waals surface area contributed by atoms with Gasteiger partial charge in [-0.05, 0) is 55.0 Å². The van der Waals surface area contributed by atoms with Gasteiger partial charge in [0, 0.05) is 36.5 Å². The predicted molar refractivity (Wildman–Crippen MR) is 224 cm³/mol. The third-order valence-electron chi connectivity index (χ3n) is 10.9. The average Bonchev–Trinajstić information content (AvgIpc) is 3.92. The fraction of sp³-hybridized carbons (Fsp3) is 0.476. The largest absolute Gasteiger partial charge is 0.508 e. The van der Waals surface area contributed by atoms with Crippen LogP contribution in [0, 0.1) is 5.92 Å². The highest BCUT2D eigenvalue weighted by Crippen LogP contribution is 2.22. The zero-order valence-corrected chi connectivity index (χ0v) is 35.1. The molecule has 21 nitrogen and oxygen atoms in total. The van der Waals surface area contributed by atoms with Crippen LogP contribution >= 0.6 is 0 Å². The van der Waals surface area contributed by atoms with Crippen molar-refractivity contribution in [3.63, 3.8) is 0 Å². The molecule has 8 atom stereocenters. The van der Waals surface area contributed by atoms with Crippen LogP contribution in [-0.4, -0.2) is 152 Å². The van der Waals surface area contributed by atoms with Crippen molar-refractivity contribution in [3.8, 4) is 5.75 Å². The number of phenols is 1. The fourth-order valence-corrected chi connectivity index (χ4v) is 7.46. The van der Waals surface area contributed by atoms with Gasteiger partial charge in [0.05, 0.1) is 25.9 Å². The summed E-state index contributed by atoms with van der Waals surface area (Å²) in [6.45, 7) is 1.84. The molecule has 5 rings (SSSR count). The summed E-state index contributed by atoms with van der Waals surface area (Å²) >= 11 is 0. The van der Waals surface area contributed by atoms with Crippen molar-refractivity contribution in [1.82, 2.24) is 47.1 Å². The van der Waals surface area contributed by atoms with E-state index in [4.69, 9.17) is 0 Å². The molecule has 8 amide bonds. The number of aliphatic hydroxyl groups is 3. The Hall–Kier alpha value is -6.58. The molecule has 340 valence electrons. The van der Waals surface area contributed by atoms with Gasteiger partial charge < -0.3 is 67.5 Å². The Morgan fingerprint density at radius 1 is 0.667 bits per heavy atom. The summed E-state index contributed by atoms with van der Waals surface area (Å²) in [4.78, 5) is 114. The highest BCUT2D eigenvalue weighted by Gasteiger charge is 2.41. The van der Waals surface area contributed by atoms with Crippen LogP contribution in [0.4, 0.5) is 0 Å². The second kappa shape index (κ2) is 21.5. The number of para-hydroxylation sites is 1. The summed E-state index contributed by atoms with van der Waals surface area (Å²) in [5.41, 5.74) is 1.82. The SMILES string of the molecule is CC(C)[C@@H]1NC(=O)CNC(=O)[C@H](CO)NC(=O)[C@H](CO)NC(=O)[C@@H]2CCCN2C(=O)[C@H](Cc2ccc(O)cc2)NC(=O)[C@H](Cc2c[nH]c3ccccc23)NC(=O)[C@@H]([C@H](C)O)NC1=O. The Morgan fingerprint density at radius 2 is 1.27 bits per heavy atom. The van der Waals surface area contributed by atoms with Gasteiger partial charge in [-0.1, -0.05) is 44.2 Å². The maximum absolute atomic E-state index is 14.6. The van der Waals surface area contributed by atoms with Gasteiger partial charge >= 0.3 is 0 Å². The van der Waals surface area contributed by atoms with E-state index in [9.17, 15) is 58.8 Å². The number of fused-ring (bicyclic) bond motifs is 2. The number of carbonyl (C=O) groups excluding carboxylic acids is 8. The molecule has 0 radical (unpaired) electrons. The highest BCUT2D eigenvalue weighted by atomic mass is 16.3. The summed E-state index contributed by atoms with van der Waals surface area (Å²) in [5, 5.41) is 58.7. The van der Waals surface area contributed by atoms with Crippen molar-refractivity contribution in [2.45, 2.75) is 94.9 Å². The lowest BCUT2D eigenvalue weighted by Gasteiger charge is -2.31. The van der Waals surface area contributed by atoms with Crippen LogP contribution in [0.5, 0.6) is 5.75 Å². The number of carbonyl (C=O) groups is 8. The van der Waals surface area contributed by atoms with E-state index < -0.39 is 121 Å². The van der Waals surface area contributed by atoms with Crippen LogP contribution in [0.2, 0.25) is 0 Å². The lowest BCUT2D eigenvalue weighted by Crippen LogP contribution is -2.62. The Kier molecular flexibility index (Phi) is 16.2. The molecule has 2 aromatic carbocycles. The number of aromatic hydroxyl groups is 1. The first kappa shape index (κ1) is 47.5. The zero-order chi connectivity index (χ0) is 46.0. The van der Waals surface area contributed by atoms with Gasteiger partial charge in [-0.15, -0.1) is 0 Å². The number of phenolic OH excluding ortho intramolecular Hbond substituents is 1. The average molecular weight is 878 g/mol. The third kappa shape index (κ3) is 12.1. The second-order valence-corrected chi connectivity index (χ2v) is 16.0. The molecular formula is C42H55N9O12. The Bertz CT molecular complexity index is 2160. The first-order valence-electron chi connectivity index (χ1n) is 20.6. The monoisotopic (exact) mass is 877 g/mol. The molecule has 21 heteroatoms. The lowest BCUT2D eigenvalue weighted by molar-refractivity contribution is -0.143. The molecule has 12 N–H and O–H groups in total. The summed E-state index contributed by atoms with van der Waals surface area (Å²) in [6, 6.07) is 2.75. The number of aromatic nitrogens is 1. The van der Waals surface area contributed by atoms with Crippen molar-refractivity contribution in [1.29, 1.82) is 0 Å². The number of hydrogen-bond donors (Lipinski definition) is 12. The number of aliphatic hydroxyl groups excluding tert-OH is 3.